The quantitative estimate of drug-likeness (QED) is 0.308. The Balaban J connectivity index is 1.95. The van der Waals surface area contributed by atoms with Crippen molar-refractivity contribution in [3.8, 4) is 5.75 Å². The first-order valence-electron chi connectivity index (χ1n) is 7.39. The van der Waals surface area contributed by atoms with Crippen molar-refractivity contribution in [2.75, 3.05) is 6.54 Å². The van der Waals surface area contributed by atoms with Crippen LogP contribution in [-0.2, 0) is 6.61 Å². The summed E-state index contributed by atoms with van der Waals surface area (Å²) in [6, 6.07) is 13.8. The Kier molecular flexibility index (Phi) is 6.91. The van der Waals surface area contributed by atoms with Crippen LogP contribution in [-0.4, -0.2) is 17.9 Å². The monoisotopic (exact) mass is 344 g/mol. The molecule has 0 atom stereocenters. The normalized spacial score (nSPS) is 10.4. The van der Waals surface area contributed by atoms with E-state index in [1.165, 1.54) is 12.1 Å². The molecule has 0 unspecified atom stereocenters. The molecule has 24 heavy (non-hydrogen) atoms. The van der Waals surface area contributed by atoms with Gasteiger partial charge in [-0.05, 0) is 42.0 Å². The summed E-state index contributed by atoms with van der Waals surface area (Å²) >= 11 is 5.08. The number of rotatable bonds is 7. The fourth-order valence-corrected chi connectivity index (χ4v) is 2.00. The Bertz CT molecular complexity index is 716. The third kappa shape index (κ3) is 5.81. The molecule has 0 aliphatic rings. The minimum atomic E-state index is -0.260. The maximum atomic E-state index is 12.9. The van der Waals surface area contributed by atoms with Crippen LogP contribution in [0.5, 0.6) is 5.75 Å². The third-order valence-electron chi connectivity index (χ3n) is 3.05. The molecule has 124 valence electrons. The molecule has 0 saturated heterocycles. The maximum absolute atomic E-state index is 12.9. The molecule has 0 radical (unpaired) electrons. The lowest BCUT2D eigenvalue weighted by Gasteiger charge is -2.08. The Morgan fingerprint density at radius 2 is 1.96 bits per heavy atom. The van der Waals surface area contributed by atoms with E-state index in [0.717, 1.165) is 11.1 Å². The van der Waals surface area contributed by atoms with E-state index in [2.05, 4.69) is 22.4 Å². The molecule has 0 heterocycles. The first-order chi connectivity index (χ1) is 11.7. The number of para-hydroxylation sites is 1. The molecule has 6 heteroatoms. The molecule has 0 spiro atoms. The van der Waals surface area contributed by atoms with Gasteiger partial charge in [0.05, 0.1) is 5.56 Å². The maximum Gasteiger partial charge on any atom is 0.224 e. The van der Waals surface area contributed by atoms with Crippen LogP contribution in [0.3, 0.4) is 0 Å². The standard InChI is InChI=1S/C18H18FN3OS/c1-2-11-20-18(24)22-21-12-15-5-3-4-6-17(15)23-13-14-7-9-16(19)10-8-14/h2-10,12H,1,11,13H2,(H2,20,22,24)/p+1. The van der Waals surface area contributed by atoms with Crippen LogP contribution in [0.15, 0.2) is 61.2 Å². The Hall–Kier alpha value is -2.73. The fraction of sp³-hybridized carbons (Fsp3) is 0.111. The van der Waals surface area contributed by atoms with Gasteiger partial charge >= 0.3 is 0 Å². The van der Waals surface area contributed by atoms with Crippen molar-refractivity contribution < 1.29 is 14.2 Å². The van der Waals surface area contributed by atoms with Crippen LogP contribution in [0.2, 0.25) is 0 Å². The molecule has 0 fully saturated rings. The van der Waals surface area contributed by atoms with Crippen LogP contribution < -0.4 is 20.6 Å². The zero-order valence-electron chi connectivity index (χ0n) is 13.1. The van der Waals surface area contributed by atoms with Crippen molar-refractivity contribution in [3.63, 3.8) is 0 Å². The van der Waals surface area contributed by atoms with Gasteiger partial charge in [0.2, 0.25) is 11.3 Å². The van der Waals surface area contributed by atoms with Crippen LogP contribution in [0.25, 0.3) is 0 Å². The second-order valence-electron chi connectivity index (χ2n) is 4.87. The largest absolute Gasteiger partial charge is 0.488 e. The van der Waals surface area contributed by atoms with Gasteiger partial charge in [-0.1, -0.05) is 30.3 Å². The van der Waals surface area contributed by atoms with Gasteiger partial charge in [-0.2, -0.15) is 0 Å². The zero-order valence-corrected chi connectivity index (χ0v) is 13.9. The summed E-state index contributed by atoms with van der Waals surface area (Å²) in [7, 11) is 0. The van der Waals surface area contributed by atoms with Gasteiger partial charge < -0.3 is 10.1 Å². The molecule has 0 bridgehead atoms. The number of thiocarbonyl (C=S) groups is 1. The highest BCUT2D eigenvalue weighted by molar-refractivity contribution is 7.80. The van der Waals surface area contributed by atoms with Crippen molar-refractivity contribution in [1.29, 1.82) is 0 Å². The van der Waals surface area contributed by atoms with E-state index in [4.69, 9.17) is 17.0 Å². The Morgan fingerprint density at radius 3 is 2.71 bits per heavy atom. The first kappa shape index (κ1) is 17.6. The number of nitrogens with one attached hydrogen (secondary N) is 3. The predicted molar refractivity (Wildman–Crippen MR) is 97.2 cm³/mol. The molecule has 4 nitrogen and oxygen atoms in total. The summed E-state index contributed by atoms with van der Waals surface area (Å²) in [5, 5.41) is 6.32. The molecule has 0 aliphatic carbocycles. The summed E-state index contributed by atoms with van der Waals surface area (Å²) in [5.74, 6) is 0.449. The van der Waals surface area contributed by atoms with E-state index in [-0.39, 0.29) is 5.82 Å². The zero-order chi connectivity index (χ0) is 17.2. The Morgan fingerprint density at radius 1 is 1.21 bits per heavy atom. The number of hydrogen-bond acceptors (Lipinski definition) is 2. The minimum Gasteiger partial charge on any atom is -0.488 e. The Labute approximate surface area is 146 Å². The highest BCUT2D eigenvalue weighted by Crippen LogP contribution is 2.17. The van der Waals surface area contributed by atoms with Crippen molar-refractivity contribution in [2.45, 2.75) is 6.61 Å². The summed E-state index contributed by atoms with van der Waals surface area (Å²) in [6.45, 7) is 4.55. The average Bonchev–Trinajstić information content (AvgIpc) is 2.60. The topological polar surface area (TPSA) is 47.3 Å². The van der Waals surface area contributed by atoms with Crippen LogP contribution in [0.1, 0.15) is 11.1 Å². The van der Waals surface area contributed by atoms with E-state index in [1.807, 2.05) is 24.3 Å². The lowest BCUT2D eigenvalue weighted by Crippen LogP contribution is -2.82. The smallest absolute Gasteiger partial charge is 0.224 e. The van der Waals surface area contributed by atoms with Gasteiger partial charge in [0, 0.05) is 6.54 Å². The van der Waals surface area contributed by atoms with E-state index < -0.39 is 0 Å². The summed E-state index contributed by atoms with van der Waals surface area (Å²) in [5.41, 5.74) is 4.60. The van der Waals surface area contributed by atoms with Crippen LogP contribution >= 0.6 is 12.2 Å². The molecular weight excluding hydrogens is 325 g/mol. The van der Waals surface area contributed by atoms with Crippen molar-refractivity contribution in [2.24, 2.45) is 0 Å². The molecule has 3 N–H and O–H groups in total. The SMILES string of the molecule is C=CCNC(=S)N[NH+]=Cc1ccccc1OCc1ccc(F)cc1. The number of hydrogen-bond donors (Lipinski definition) is 3. The molecule has 2 rings (SSSR count). The van der Waals surface area contributed by atoms with E-state index >= 15 is 0 Å². The molecular formula is C18H19FN3OS+. The number of hydrazine groups is 1. The second kappa shape index (κ2) is 9.42. The molecule has 0 aliphatic heterocycles. The van der Waals surface area contributed by atoms with Crippen molar-refractivity contribution in [1.82, 2.24) is 10.7 Å². The van der Waals surface area contributed by atoms with Crippen LogP contribution in [0, 0.1) is 5.82 Å². The summed E-state index contributed by atoms with van der Waals surface area (Å²) in [4.78, 5) is 0. The highest BCUT2D eigenvalue weighted by Gasteiger charge is 2.04. The van der Waals surface area contributed by atoms with Crippen molar-refractivity contribution in [3.05, 3.63) is 78.1 Å². The summed E-state index contributed by atoms with van der Waals surface area (Å²) < 4.78 is 18.7. The number of ether oxygens (including phenoxy) is 1. The second-order valence-corrected chi connectivity index (χ2v) is 5.27. The average molecular weight is 344 g/mol. The lowest BCUT2D eigenvalue weighted by atomic mass is 10.2. The van der Waals surface area contributed by atoms with Gasteiger partial charge in [0.1, 0.15) is 18.2 Å². The summed E-state index contributed by atoms with van der Waals surface area (Å²) in [6.07, 6.45) is 3.47. The van der Waals surface area contributed by atoms with Crippen LogP contribution in [0.4, 0.5) is 4.39 Å². The molecule has 2 aromatic rings. The van der Waals surface area contributed by atoms with Gasteiger partial charge in [0.25, 0.3) is 0 Å². The third-order valence-corrected chi connectivity index (χ3v) is 3.29. The number of halogens is 1. The molecule has 0 aromatic heterocycles. The minimum absolute atomic E-state index is 0.260. The molecule has 0 amide bonds. The van der Waals surface area contributed by atoms with E-state index in [0.29, 0.717) is 24.0 Å². The predicted octanol–water partition coefficient (Wildman–Crippen LogP) is 1.47. The molecule has 0 saturated carbocycles. The van der Waals surface area contributed by atoms with Gasteiger partial charge in [-0.3, -0.25) is 0 Å². The van der Waals surface area contributed by atoms with Gasteiger partial charge in [-0.15, -0.1) is 17.1 Å². The lowest BCUT2D eigenvalue weighted by molar-refractivity contribution is -0.500. The number of hydrazone groups is 1. The first-order valence-corrected chi connectivity index (χ1v) is 7.79. The van der Waals surface area contributed by atoms with E-state index in [9.17, 15) is 4.39 Å². The fourth-order valence-electron chi connectivity index (χ4n) is 1.86. The van der Waals surface area contributed by atoms with E-state index in [1.54, 1.807) is 24.4 Å². The number of benzene rings is 2. The van der Waals surface area contributed by atoms with Gasteiger partial charge in [0.15, 0.2) is 0 Å². The highest BCUT2D eigenvalue weighted by atomic mass is 32.1. The molecule has 2 aromatic carbocycles. The van der Waals surface area contributed by atoms with Crippen molar-refractivity contribution >= 4 is 23.5 Å². The van der Waals surface area contributed by atoms with Gasteiger partial charge in [-0.25, -0.2) is 4.39 Å².